The topological polar surface area (TPSA) is 234 Å². The summed E-state index contributed by atoms with van der Waals surface area (Å²) >= 11 is 0. The van der Waals surface area contributed by atoms with Crippen LogP contribution in [0.1, 0.15) is 36.2 Å². The summed E-state index contributed by atoms with van der Waals surface area (Å²) in [4.78, 5) is 65.2. The van der Waals surface area contributed by atoms with E-state index < -0.39 is 47.9 Å². The van der Waals surface area contributed by atoms with Gasteiger partial charge in [-0.1, -0.05) is 30.3 Å². The molecule has 0 radical (unpaired) electrons. The van der Waals surface area contributed by atoms with Gasteiger partial charge in [0.05, 0.1) is 18.7 Å². The number of hydrogen-bond acceptors (Lipinski definition) is 8. The Hall–Kier alpha value is -4.56. The van der Waals surface area contributed by atoms with Crippen molar-refractivity contribution in [3.8, 4) is 0 Å². The summed E-state index contributed by atoms with van der Waals surface area (Å²) in [5.74, 6) is -3.06. The third-order valence-corrected chi connectivity index (χ3v) is 6.42. The first kappa shape index (κ1) is 31.0. The summed E-state index contributed by atoms with van der Waals surface area (Å²) in [5.41, 5.74) is 13.6. The number of carbonyl (C=O) groups is 4. The van der Waals surface area contributed by atoms with E-state index in [-0.39, 0.29) is 25.7 Å². The predicted molar refractivity (Wildman–Crippen MR) is 149 cm³/mol. The highest BCUT2D eigenvalue weighted by Crippen LogP contribution is 2.08. The number of rotatable bonds is 17. The second-order valence-electron chi connectivity index (χ2n) is 9.66. The number of carbonyl (C=O) groups excluding carboxylic acids is 3. The number of nitrogens with two attached hydrogens (primary N) is 2. The average molecular weight is 568 g/mol. The van der Waals surface area contributed by atoms with Gasteiger partial charge in [-0.15, -0.1) is 0 Å². The molecule has 0 saturated carbocycles. The molecular weight excluding hydrogens is 530 g/mol. The molecule has 3 rings (SSSR count). The third kappa shape index (κ3) is 10.2. The fraction of sp³-hybridized carbons (Fsp3) is 0.407. The highest BCUT2D eigenvalue weighted by Gasteiger charge is 2.30. The Balaban J connectivity index is 1.72. The number of benzene rings is 1. The van der Waals surface area contributed by atoms with Gasteiger partial charge in [-0.3, -0.25) is 14.4 Å². The lowest BCUT2D eigenvalue weighted by Gasteiger charge is -2.25. The van der Waals surface area contributed by atoms with Gasteiger partial charge < -0.3 is 42.5 Å². The fourth-order valence-electron chi connectivity index (χ4n) is 4.19. The zero-order valence-corrected chi connectivity index (χ0v) is 22.6. The summed E-state index contributed by atoms with van der Waals surface area (Å²) in [6, 6.07) is 4.56. The molecule has 14 nitrogen and oxygen atoms in total. The number of aromatic nitrogens is 4. The molecular formula is C27H37N9O5. The minimum atomic E-state index is -1.21. The van der Waals surface area contributed by atoms with Crippen molar-refractivity contribution in [1.82, 2.24) is 35.9 Å². The lowest BCUT2D eigenvalue weighted by molar-refractivity contribution is -0.142. The van der Waals surface area contributed by atoms with E-state index in [0.717, 1.165) is 5.56 Å². The van der Waals surface area contributed by atoms with Crippen molar-refractivity contribution >= 4 is 23.7 Å². The van der Waals surface area contributed by atoms with Gasteiger partial charge in [-0.25, -0.2) is 14.8 Å². The van der Waals surface area contributed by atoms with E-state index in [0.29, 0.717) is 30.8 Å². The number of H-pyrrole nitrogens is 2. The Kier molecular flexibility index (Phi) is 12.0. The molecule has 220 valence electrons. The molecule has 3 aromatic rings. The van der Waals surface area contributed by atoms with E-state index in [1.807, 2.05) is 6.07 Å². The molecule has 4 unspecified atom stereocenters. The molecule has 0 bridgehead atoms. The number of amides is 3. The first-order valence-corrected chi connectivity index (χ1v) is 13.3. The maximum Gasteiger partial charge on any atom is 0.326 e. The van der Waals surface area contributed by atoms with Gasteiger partial charge in [0, 0.05) is 43.0 Å². The van der Waals surface area contributed by atoms with Crippen LogP contribution in [0.25, 0.3) is 0 Å². The largest absolute Gasteiger partial charge is 0.480 e. The summed E-state index contributed by atoms with van der Waals surface area (Å²) in [7, 11) is 0. The standard InChI is InChI=1S/C27H37N9O5/c28-9-5-4-8-21(25(38)36-23(27(40)41)10-17-6-2-1-3-7-17)34-26(39)22(12-19-14-31-16-33-19)35-24(37)20(29)11-18-13-30-15-32-18/h1-3,6-7,13-16,20-23H,4-5,8-12,28-29H2,(H,30,32)(H,31,33)(H,34,39)(H,35,37)(H,36,38)(H,40,41). The van der Waals surface area contributed by atoms with Gasteiger partial charge in [0.25, 0.3) is 0 Å². The number of nitrogens with one attached hydrogen (secondary N) is 5. The number of carboxylic acids is 1. The fourth-order valence-corrected chi connectivity index (χ4v) is 4.19. The summed E-state index contributed by atoms with van der Waals surface area (Å²) in [6.07, 6.45) is 7.61. The molecule has 0 aliphatic heterocycles. The number of hydrogen-bond donors (Lipinski definition) is 8. The molecule has 2 heterocycles. The van der Waals surface area contributed by atoms with Crippen LogP contribution in [0.3, 0.4) is 0 Å². The molecule has 2 aromatic heterocycles. The normalized spacial score (nSPS) is 13.9. The Labute approximate surface area is 237 Å². The minimum Gasteiger partial charge on any atom is -0.480 e. The quantitative estimate of drug-likeness (QED) is 0.0948. The molecule has 41 heavy (non-hydrogen) atoms. The van der Waals surface area contributed by atoms with Crippen LogP contribution < -0.4 is 27.4 Å². The zero-order chi connectivity index (χ0) is 29.6. The van der Waals surface area contributed by atoms with Crippen LogP contribution in [0.5, 0.6) is 0 Å². The van der Waals surface area contributed by atoms with Crippen LogP contribution in [-0.4, -0.2) is 79.4 Å². The van der Waals surface area contributed by atoms with E-state index in [1.54, 1.807) is 30.5 Å². The average Bonchev–Trinajstić information content (AvgIpc) is 3.67. The monoisotopic (exact) mass is 567 g/mol. The van der Waals surface area contributed by atoms with Crippen LogP contribution in [0, 0.1) is 0 Å². The van der Waals surface area contributed by atoms with Crippen LogP contribution in [-0.2, 0) is 38.4 Å². The molecule has 1 aromatic carbocycles. The third-order valence-electron chi connectivity index (χ3n) is 6.42. The molecule has 0 aliphatic rings. The zero-order valence-electron chi connectivity index (χ0n) is 22.6. The SMILES string of the molecule is NCCCCC(NC(=O)C(Cc1cnc[nH]1)NC(=O)C(N)Cc1cnc[nH]1)C(=O)NC(Cc1ccccc1)C(=O)O. The molecule has 4 atom stereocenters. The lowest BCUT2D eigenvalue weighted by atomic mass is 10.0. The maximum atomic E-state index is 13.5. The Bertz CT molecular complexity index is 1240. The van der Waals surface area contributed by atoms with Crippen molar-refractivity contribution in [2.24, 2.45) is 11.5 Å². The Morgan fingerprint density at radius 3 is 1.95 bits per heavy atom. The van der Waals surface area contributed by atoms with Crippen molar-refractivity contribution in [1.29, 1.82) is 0 Å². The van der Waals surface area contributed by atoms with Gasteiger partial charge >= 0.3 is 5.97 Å². The van der Waals surface area contributed by atoms with Crippen LogP contribution in [0.15, 0.2) is 55.4 Å². The molecule has 0 aliphatic carbocycles. The van der Waals surface area contributed by atoms with Crippen molar-refractivity contribution in [2.75, 3.05) is 6.54 Å². The van der Waals surface area contributed by atoms with E-state index in [9.17, 15) is 24.3 Å². The molecule has 3 amide bonds. The first-order valence-electron chi connectivity index (χ1n) is 13.3. The Morgan fingerprint density at radius 2 is 1.37 bits per heavy atom. The molecule has 0 saturated heterocycles. The summed E-state index contributed by atoms with van der Waals surface area (Å²) < 4.78 is 0. The molecule has 10 N–H and O–H groups in total. The number of aromatic amines is 2. The van der Waals surface area contributed by atoms with Crippen molar-refractivity contribution in [2.45, 2.75) is 62.7 Å². The first-order chi connectivity index (χ1) is 19.8. The van der Waals surface area contributed by atoms with E-state index in [2.05, 4.69) is 35.9 Å². The number of carboxylic acid groups (broad SMARTS) is 1. The van der Waals surface area contributed by atoms with E-state index in [4.69, 9.17) is 11.5 Å². The molecule has 0 fully saturated rings. The van der Waals surface area contributed by atoms with E-state index >= 15 is 0 Å². The van der Waals surface area contributed by atoms with Gasteiger partial charge in [-0.05, 0) is 31.4 Å². The number of aliphatic carboxylic acids is 1. The van der Waals surface area contributed by atoms with Crippen LogP contribution >= 0.6 is 0 Å². The van der Waals surface area contributed by atoms with Crippen LogP contribution in [0.4, 0.5) is 0 Å². The molecule has 14 heteroatoms. The molecule has 0 spiro atoms. The van der Waals surface area contributed by atoms with Gasteiger partial charge in [0.15, 0.2) is 0 Å². The van der Waals surface area contributed by atoms with Crippen molar-refractivity contribution in [3.05, 3.63) is 72.3 Å². The predicted octanol–water partition coefficient (Wildman–Crippen LogP) is -0.844. The number of nitrogens with zero attached hydrogens (tertiary/aromatic N) is 2. The van der Waals surface area contributed by atoms with Crippen molar-refractivity contribution in [3.63, 3.8) is 0 Å². The highest BCUT2D eigenvalue weighted by molar-refractivity contribution is 5.94. The maximum absolute atomic E-state index is 13.5. The van der Waals surface area contributed by atoms with E-state index in [1.165, 1.54) is 18.9 Å². The summed E-state index contributed by atoms with van der Waals surface area (Å²) in [5, 5.41) is 17.7. The lowest BCUT2D eigenvalue weighted by Crippen LogP contribution is -2.58. The van der Waals surface area contributed by atoms with Gasteiger partial charge in [0.1, 0.15) is 18.1 Å². The van der Waals surface area contributed by atoms with Gasteiger partial charge in [-0.2, -0.15) is 0 Å². The summed E-state index contributed by atoms with van der Waals surface area (Å²) in [6.45, 7) is 0.390. The number of unbranched alkanes of at least 4 members (excludes halogenated alkanes) is 1. The minimum absolute atomic E-state index is 0.0528. The smallest absolute Gasteiger partial charge is 0.326 e. The second kappa shape index (κ2) is 15.9. The number of imidazole rings is 2. The Morgan fingerprint density at radius 1 is 0.780 bits per heavy atom. The van der Waals surface area contributed by atoms with Crippen LogP contribution in [0.2, 0.25) is 0 Å². The second-order valence-corrected chi connectivity index (χ2v) is 9.66. The van der Waals surface area contributed by atoms with Gasteiger partial charge in [0.2, 0.25) is 17.7 Å². The van der Waals surface area contributed by atoms with Crippen molar-refractivity contribution < 1.29 is 24.3 Å². The highest BCUT2D eigenvalue weighted by atomic mass is 16.4.